The monoisotopic (exact) mass is 291 g/mol. The van der Waals surface area contributed by atoms with Gasteiger partial charge in [0.05, 0.1) is 5.39 Å². The number of hydrogen-bond donors (Lipinski definition) is 1. The Kier molecular flexibility index (Phi) is 3.76. The molecule has 1 aliphatic rings. The van der Waals surface area contributed by atoms with E-state index in [1.54, 1.807) is 11.3 Å². The van der Waals surface area contributed by atoms with E-state index < -0.39 is 0 Å². The second kappa shape index (κ2) is 5.54. The second-order valence-electron chi connectivity index (χ2n) is 5.33. The number of aryl methyl sites for hydroxylation is 1. The molecule has 5 nitrogen and oxygen atoms in total. The van der Waals surface area contributed by atoms with Crippen LogP contribution in [0.4, 0.5) is 11.8 Å². The lowest BCUT2D eigenvalue weighted by molar-refractivity contribution is 0.360. The van der Waals surface area contributed by atoms with Gasteiger partial charge in [-0.05, 0) is 32.5 Å². The third kappa shape index (κ3) is 2.58. The van der Waals surface area contributed by atoms with Crippen LogP contribution in [-0.2, 0) is 6.42 Å². The van der Waals surface area contributed by atoms with Gasteiger partial charge in [-0.15, -0.1) is 11.3 Å². The van der Waals surface area contributed by atoms with Gasteiger partial charge in [-0.2, -0.15) is 4.98 Å². The molecule has 2 aromatic heterocycles. The van der Waals surface area contributed by atoms with Crippen molar-refractivity contribution in [3.8, 4) is 0 Å². The van der Waals surface area contributed by atoms with Crippen molar-refractivity contribution in [2.24, 2.45) is 0 Å². The van der Waals surface area contributed by atoms with E-state index in [0.29, 0.717) is 5.95 Å². The van der Waals surface area contributed by atoms with E-state index in [2.05, 4.69) is 39.8 Å². The molecule has 0 spiro atoms. The topological polar surface area (TPSA) is 58.3 Å². The number of thiophene rings is 1. The van der Waals surface area contributed by atoms with Crippen LogP contribution in [0, 0.1) is 0 Å². The highest BCUT2D eigenvalue weighted by molar-refractivity contribution is 7.18. The molecule has 0 bridgehead atoms. The summed E-state index contributed by atoms with van der Waals surface area (Å²) in [5, 5.41) is 1.16. The largest absolute Gasteiger partial charge is 0.368 e. The SMILES string of the molecule is CCc1cc2c(N3CCCN(C)CC3)nc(N)nc2s1. The van der Waals surface area contributed by atoms with Gasteiger partial charge in [0.25, 0.3) is 0 Å². The maximum atomic E-state index is 5.90. The summed E-state index contributed by atoms with van der Waals surface area (Å²) in [7, 11) is 2.17. The molecule has 1 saturated heterocycles. The van der Waals surface area contributed by atoms with Crippen LogP contribution in [0.15, 0.2) is 6.07 Å². The summed E-state index contributed by atoms with van der Waals surface area (Å²) in [5.41, 5.74) is 5.90. The summed E-state index contributed by atoms with van der Waals surface area (Å²) in [5.74, 6) is 1.40. The van der Waals surface area contributed by atoms with Crippen molar-refractivity contribution in [3.63, 3.8) is 0 Å². The van der Waals surface area contributed by atoms with Gasteiger partial charge in [0.15, 0.2) is 0 Å². The smallest absolute Gasteiger partial charge is 0.223 e. The predicted molar refractivity (Wildman–Crippen MR) is 85.5 cm³/mol. The molecule has 0 amide bonds. The molecule has 0 unspecified atom stereocenters. The summed E-state index contributed by atoms with van der Waals surface area (Å²) in [4.78, 5) is 16.0. The average Bonchev–Trinajstić information content (AvgIpc) is 2.72. The number of likely N-dealkylation sites (N-methyl/N-ethyl adjacent to an activating group) is 1. The van der Waals surface area contributed by atoms with Crippen molar-refractivity contribution in [1.82, 2.24) is 14.9 Å². The molecule has 0 aromatic carbocycles. The number of anilines is 2. The molecule has 1 aliphatic heterocycles. The Bertz CT molecular complexity index is 609. The first-order valence-electron chi connectivity index (χ1n) is 7.17. The Balaban J connectivity index is 2.02. The molecular formula is C14H21N5S. The number of aromatic nitrogens is 2. The fourth-order valence-corrected chi connectivity index (χ4v) is 3.61. The average molecular weight is 291 g/mol. The summed E-state index contributed by atoms with van der Waals surface area (Å²) < 4.78 is 0. The molecule has 2 aromatic rings. The molecule has 108 valence electrons. The van der Waals surface area contributed by atoms with Crippen molar-refractivity contribution < 1.29 is 0 Å². The van der Waals surface area contributed by atoms with E-state index in [1.165, 1.54) is 4.88 Å². The summed E-state index contributed by atoms with van der Waals surface area (Å²) in [6, 6.07) is 2.23. The van der Waals surface area contributed by atoms with E-state index in [4.69, 9.17) is 5.73 Å². The van der Waals surface area contributed by atoms with E-state index in [1.807, 2.05) is 0 Å². The summed E-state index contributed by atoms with van der Waals surface area (Å²) in [6.45, 7) is 6.41. The third-order valence-electron chi connectivity index (χ3n) is 3.81. The molecule has 0 aliphatic carbocycles. The van der Waals surface area contributed by atoms with Gasteiger partial charge in [0.1, 0.15) is 10.6 Å². The van der Waals surface area contributed by atoms with Crippen LogP contribution >= 0.6 is 11.3 Å². The molecule has 0 atom stereocenters. The number of fused-ring (bicyclic) bond motifs is 1. The lowest BCUT2D eigenvalue weighted by Crippen LogP contribution is -2.29. The highest BCUT2D eigenvalue weighted by Crippen LogP contribution is 2.32. The maximum absolute atomic E-state index is 5.90. The van der Waals surface area contributed by atoms with Gasteiger partial charge in [-0.25, -0.2) is 4.98 Å². The molecule has 0 radical (unpaired) electrons. The number of nitrogen functional groups attached to an aromatic ring is 1. The first-order valence-corrected chi connectivity index (χ1v) is 7.98. The van der Waals surface area contributed by atoms with Crippen LogP contribution in [-0.4, -0.2) is 48.1 Å². The Morgan fingerprint density at radius 1 is 1.25 bits per heavy atom. The summed E-state index contributed by atoms with van der Waals surface area (Å²) >= 11 is 1.73. The van der Waals surface area contributed by atoms with Crippen molar-refractivity contribution in [2.75, 3.05) is 43.9 Å². The fraction of sp³-hybridized carbons (Fsp3) is 0.571. The Labute approximate surface area is 123 Å². The van der Waals surface area contributed by atoms with Crippen molar-refractivity contribution in [2.45, 2.75) is 19.8 Å². The fourth-order valence-electron chi connectivity index (χ4n) is 2.65. The lowest BCUT2D eigenvalue weighted by Gasteiger charge is -2.22. The minimum Gasteiger partial charge on any atom is -0.368 e. The molecular weight excluding hydrogens is 270 g/mol. The van der Waals surface area contributed by atoms with Gasteiger partial charge in [0.2, 0.25) is 5.95 Å². The van der Waals surface area contributed by atoms with Gasteiger partial charge in [0, 0.05) is 24.5 Å². The molecule has 2 N–H and O–H groups in total. The molecule has 3 rings (SSSR count). The first kappa shape index (κ1) is 13.6. The number of hydrogen-bond acceptors (Lipinski definition) is 6. The maximum Gasteiger partial charge on any atom is 0.223 e. The Morgan fingerprint density at radius 3 is 2.90 bits per heavy atom. The zero-order chi connectivity index (χ0) is 14.1. The molecule has 3 heterocycles. The van der Waals surface area contributed by atoms with Crippen LogP contribution in [0.3, 0.4) is 0 Å². The standard InChI is InChI=1S/C14H21N5S/c1-3-10-9-11-12(16-14(15)17-13(11)20-10)19-6-4-5-18(2)7-8-19/h9H,3-8H2,1-2H3,(H2,15,16,17). The quantitative estimate of drug-likeness (QED) is 0.917. The van der Waals surface area contributed by atoms with Crippen LogP contribution in [0.5, 0.6) is 0 Å². The lowest BCUT2D eigenvalue weighted by atomic mass is 10.3. The molecule has 6 heteroatoms. The predicted octanol–water partition coefficient (Wildman–Crippen LogP) is 1.98. The zero-order valence-electron chi connectivity index (χ0n) is 12.1. The number of nitrogens with two attached hydrogens (primary N) is 1. The minimum atomic E-state index is 0.384. The van der Waals surface area contributed by atoms with E-state index in [9.17, 15) is 0 Å². The Morgan fingerprint density at radius 2 is 2.10 bits per heavy atom. The van der Waals surface area contributed by atoms with Crippen LogP contribution < -0.4 is 10.6 Å². The molecule has 20 heavy (non-hydrogen) atoms. The van der Waals surface area contributed by atoms with Crippen LogP contribution in [0.25, 0.3) is 10.2 Å². The van der Waals surface area contributed by atoms with Gasteiger partial charge in [-0.3, -0.25) is 0 Å². The molecule has 1 fully saturated rings. The highest BCUT2D eigenvalue weighted by Gasteiger charge is 2.18. The van der Waals surface area contributed by atoms with Gasteiger partial charge in [-0.1, -0.05) is 6.92 Å². The number of rotatable bonds is 2. The minimum absolute atomic E-state index is 0.384. The van der Waals surface area contributed by atoms with E-state index in [-0.39, 0.29) is 0 Å². The van der Waals surface area contributed by atoms with Gasteiger partial charge >= 0.3 is 0 Å². The van der Waals surface area contributed by atoms with Crippen molar-refractivity contribution in [3.05, 3.63) is 10.9 Å². The zero-order valence-corrected chi connectivity index (χ0v) is 12.9. The highest BCUT2D eigenvalue weighted by atomic mass is 32.1. The molecule has 0 saturated carbocycles. The van der Waals surface area contributed by atoms with Crippen LogP contribution in [0.1, 0.15) is 18.2 Å². The first-order chi connectivity index (χ1) is 9.67. The van der Waals surface area contributed by atoms with Gasteiger partial charge < -0.3 is 15.5 Å². The number of nitrogens with zero attached hydrogens (tertiary/aromatic N) is 4. The summed E-state index contributed by atoms with van der Waals surface area (Å²) in [6.07, 6.45) is 2.19. The van der Waals surface area contributed by atoms with E-state index >= 15 is 0 Å². The van der Waals surface area contributed by atoms with Crippen LogP contribution in [0.2, 0.25) is 0 Å². The van der Waals surface area contributed by atoms with Crippen molar-refractivity contribution >= 4 is 33.3 Å². The second-order valence-corrected chi connectivity index (χ2v) is 6.45. The Hall–Kier alpha value is -1.40. The third-order valence-corrected chi connectivity index (χ3v) is 4.98. The van der Waals surface area contributed by atoms with Crippen molar-refractivity contribution in [1.29, 1.82) is 0 Å². The normalized spacial score (nSPS) is 17.6. The van der Waals surface area contributed by atoms with E-state index in [0.717, 1.165) is 55.1 Å².